The highest BCUT2D eigenvalue weighted by molar-refractivity contribution is 5.78. The van der Waals surface area contributed by atoms with E-state index < -0.39 is 5.97 Å². The Labute approximate surface area is 135 Å². The summed E-state index contributed by atoms with van der Waals surface area (Å²) in [5, 5.41) is 9.01. The average Bonchev–Trinajstić information content (AvgIpc) is 2.57. The van der Waals surface area contributed by atoms with Crippen LogP contribution in [0, 0.1) is 0 Å². The maximum atomic E-state index is 12.1. The van der Waals surface area contributed by atoms with Crippen LogP contribution in [0.5, 0.6) is 11.5 Å². The zero-order chi connectivity index (χ0) is 17.1. The number of aliphatic hydroxyl groups is 1. The van der Waals surface area contributed by atoms with E-state index in [1.165, 1.54) is 12.0 Å². The largest absolute Gasteiger partial charge is 0.494 e. The number of carbonyl (C=O) groups excluding carboxylic acids is 2. The van der Waals surface area contributed by atoms with Crippen molar-refractivity contribution in [2.75, 3.05) is 40.0 Å². The first kappa shape index (κ1) is 18.8. The van der Waals surface area contributed by atoms with Gasteiger partial charge in [-0.2, -0.15) is 0 Å². The molecule has 0 aliphatic carbocycles. The summed E-state index contributed by atoms with van der Waals surface area (Å²) in [4.78, 5) is 24.6. The highest BCUT2D eigenvalue weighted by Gasteiger charge is 2.15. The second-order valence-corrected chi connectivity index (χ2v) is 4.62. The lowest BCUT2D eigenvalue weighted by Crippen LogP contribution is -2.38. The number of aliphatic hydroxyl groups excluding tert-OH is 1. The Morgan fingerprint density at radius 3 is 2.22 bits per heavy atom. The first-order chi connectivity index (χ1) is 11.1. The molecule has 1 N–H and O–H groups in total. The lowest BCUT2D eigenvalue weighted by molar-refractivity contribution is -0.142. The first-order valence-corrected chi connectivity index (χ1v) is 7.41. The zero-order valence-electron chi connectivity index (χ0n) is 13.5. The van der Waals surface area contributed by atoms with E-state index in [4.69, 9.17) is 14.6 Å². The summed E-state index contributed by atoms with van der Waals surface area (Å²) in [5.74, 6) is 0.551. The van der Waals surface area contributed by atoms with Gasteiger partial charge in [-0.05, 0) is 31.2 Å². The van der Waals surface area contributed by atoms with Crippen LogP contribution in [0.1, 0.15) is 13.3 Å². The zero-order valence-corrected chi connectivity index (χ0v) is 13.5. The van der Waals surface area contributed by atoms with Crippen molar-refractivity contribution < 1.29 is 28.9 Å². The van der Waals surface area contributed by atoms with Crippen molar-refractivity contribution >= 4 is 11.9 Å². The molecule has 0 saturated heterocycles. The number of carbonyl (C=O) groups is 2. The van der Waals surface area contributed by atoms with Crippen LogP contribution in [0.4, 0.5) is 0 Å². The van der Waals surface area contributed by atoms with Gasteiger partial charge in [0.15, 0.2) is 6.61 Å². The standard InChI is InChI=1S/C16H23NO6/c1-3-22-13-4-6-14(7-5-13)23-12-15(19)17(10-11-18)9-8-16(20)21-2/h4-7,18H,3,8-12H2,1-2H3. The van der Waals surface area contributed by atoms with Gasteiger partial charge in [0.2, 0.25) is 0 Å². The van der Waals surface area contributed by atoms with Crippen LogP contribution in [-0.4, -0.2) is 61.9 Å². The van der Waals surface area contributed by atoms with Crippen molar-refractivity contribution in [1.29, 1.82) is 0 Å². The van der Waals surface area contributed by atoms with Crippen molar-refractivity contribution in [2.45, 2.75) is 13.3 Å². The molecule has 0 heterocycles. The van der Waals surface area contributed by atoms with E-state index in [-0.39, 0.29) is 38.6 Å². The van der Waals surface area contributed by atoms with Gasteiger partial charge >= 0.3 is 5.97 Å². The molecule has 0 radical (unpaired) electrons. The summed E-state index contributed by atoms with van der Waals surface area (Å²) in [5.41, 5.74) is 0. The second-order valence-electron chi connectivity index (χ2n) is 4.62. The van der Waals surface area contributed by atoms with Gasteiger partial charge in [0, 0.05) is 13.1 Å². The molecule has 128 valence electrons. The van der Waals surface area contributed by atoms with E-state index in [1.807, 2.05) is 6.92 Å². The lowest BCUT2D eigenvalue weighted by atomic mass is 10.3. The number of ether oxygens (including phenoxy) is 3. The molecule has 0 aromatic heterocycles. The first-order valence-electron chi connectivity index (χ1n) is 7.41. The molecular weight excluding hydrogens is 302 g/mol. The Bertz CT molecular complexity index is 488. The van der Waals surface area contributed by atoms with Gasteiger partial charge < -0.3 is 24.2 Å². The summed E-state index contributed by atoms with van der Waals surface area (Å²) in [6.07, 6.45) is 0.0747. The quantitative estimate of drug-likeness (QED) is 0.642. The number of nitrogens with zero attached hydrogens (tertiary/aromatic N) is 1. The molecule has 0 atom stereocenters. The number of hydrogen-bond donors (Lipinski definition) is 1. The topological polar surface area (TPSA) is 85.3 Å². The Morgan fingerprint density at radius 2 is 1.70 bits per heavy atom. The Balaban J connectivity index is 2.48. The van der Waals surface area contributed by atoms with Gasteiger partial charge in [0.05, 0.1) is 26.7 Å². The van der Waals surface area contributed by atoms with Crippen LogP contribution in [0.2, 0.25) is 0 Å². The number of hydrogen-bond acceptors (Lipinski definition) is 6. The fraction of sp³-hybridized carbons (Fsp3) is 0.500. The minimum absolute atomic E-state index is 0.0747. The van der Waals surface area contributed by atoms with Gasteiger partial charge in [-0.25, -0.2) is 0 Å². The molecule has 1 aromatic carbocycles. The third-order valence-corrected chi connectivity index (χ3v) is 3.03. The van der Waals surface area contributed by atoms with Crippen LogP contribution < -0.4 is 9.47 Å². The molecule has 0 spiro atoms. The summed E-state index contributed by atoms with van der Waals surface area (Å²) < 4.78 is 15.3. The van der Waals surface area contributed by atoms with Crippen LogP contribution in [0.25, 0.3) is 0 Å². The Kier molecular flexibility index (Phi) is 8.52. The molecule has 23 heavy (non-hydrogen) atoms. The summed E-state index contributed by atoms with van der Waals surface area (Å²) in [6.45, 7) is 2.44. The van der Waals surface area contributed by atoms with Crippen LogP contribution in [0.3, 0.4) is 0 Å². The molecule has 0 fully saturated rings. The molecule has 1 aromatic rings. The summed E-state index contributed by atoms with van der Waals surface area (Å²) in [7, 11) is 1.29. The third-order valence-electron chi connectivity index (χ3n) is 3.03. The minimum atomic E-state index is -0.409. The predicted molar refractivity (Wildman–Crippen MR) is 83.4 cm³/mol. The highest BCUT2D eigenvalue weighted by Crippen LogP contribution is 2.17. The number of rotatable bonds is 10. The number of benzene rings is 1. The van der Waals surface area contributed by atoms with Gasteiger partial charge in [0.1, 0.15) is 11.5 Å². The lowest BCUT2D eigenvalue weighted by Gasteiger charge is -2.21. The van der Waals surface area contributed by atoms with Crippen molar-refractivity contribution in [2.24, 2.45) is 0 Å². The highest BCUT2D eigenvalue weighted by atomic mass is 16.5. The second kappa shape index (κ2) is 10.4. The molecule has 7 heteroatoms. The van der Waals surface area contributed by atoms with Crippen LogP contribution >= 0.6 is 0 Å². The van der Waals surface area contributed by atoms with E-state index in [0.717, 1.165) is 5.75 Å². The molecule has 1 amide bonds. The monoisotopic (exact) mass is 325 g/mol. The van der Waals surface area contributed by atoms with E-state index in [0.29, 0.717) is 12.4 Å². The van der Waals surface area contributed by atoms with Crippen molar-refractivity contribution in [3.63, 3.8) is 0 Å². The SMILES string of the molecule is CCOc1ccc(OCC(=O)N(CCO)CCC(=O)OC)cc1. The van der Waals surface area contributed by atoms with E-state index in [1.54, 1.807) is 24.3 Å². The number of esters is 1. The van der Waals surface area contributed by atoms with Gasteiger partial charge in [-0.1, -0.05) is 0 Å². The molecular formula is C16H23NO6. The summed E-state index contributed by atoms with van der Waals surface area (Å²) >= 11 is 0. The molecule has 1 rings (SSSR count). The van der Waals surface area contributed by atoms with Crippen molar-refractivity contribution in [3.05, 3.63) is 24.3 Å². The number of methoxy groups -OCH3 is 1. The molecule has 0 saturated carbocycles. The Hall–Kier alpha value is -2.28. The third kappa shape index (κ3) is 7.01. The van der Waals surface area contributed by atoms with Gasteiger partial charge in [0.25, 0.3) is 5.91 Å². The normalized spacial score (nSPS) is 10.0. The Morgan fingerprint density at radius 1 is 1.09 bits per heavy atom. The predicted octanol–water partition coefficient (Wildman–Crippen LogP) is 0.848. The van der Waals surface area contributed by atoms with Crippen LogP contribution in [0.15, 0.2) is 24.3 Å². The molecule has 0 unspecified atom stereocenters. The number of amides is 1. The molecule has 7 nitrogen and oxygen atoms in total. The van der Waals surface area contributed by atoms with Crippen LogP contribution in [-0.2, 0) is 14.3 Å². The van der Waals surface area contributed by atoms with Gasteiger partial charge in [-0.3, -0.25) is 9.59 Å². The summed E-state index contributed by atoms with van der Waals surface area (Å²) in [6, 6.07) is 6.93. The van der Waals surface area contributed by atoms with Gasteiger partial charge in [-0.15, -0.1) is 0 Å². The van der Waals surface area contributed by atoms with E-state index in [2.05, 4.69) is 4.74 Å². The van der Waals surface area contributed by atoms with Crippen molar-refractivity contribution in [3.8, 4) is 11.5 Å². The molecule has 0 aliphatic rings. The van der Waals surface area contributed by atoms with E-state index >= 15 is 0 Å². The average molecular weight is 325 g/mol. The fourth-order valence-electron chi connectivity index (χ4n) is 1.85. The van der Waals surface area contributed by atoms with E-state index in [9.17, 15) is 9.59 Å². The molecule has 0 aliphatic heterocycles. The fourth-order valence-corrected chi connectivity index (χ4v) is 1.85. The maximum Gasteiger partial charge on any atom is 0.307 e. The maximum absolute atomic E-state index is 12.1. The van der Waals surface area contributed by atoms with Crippen molar-refractivity contribution in [1.82, 2.24) is 4.90 Å². The minimum Gasteiger partial charge on any atom is -0.494 e. The smallest absolute Gasteiger partial charge is 0.307 e. The molecule has 0 bridgehead atoms.